The van der Waals surface area contributed by atoms with Gasteiger partial charge in [-0.2, -0.15) is 18.2 Å². The zero-order chi connectivity index (χ0) is 11.3. The van der Waals surface area contributed by atoms with Crippen molar-refractivity contribution in [1.82, 2.24) is 4.57 Å². The first-order valence-electron chi connectivity index (χ1n) is 4.67. The molecule has 0 aliphatic carbocycles. The monoisotopic (exact) mass is 313 g/mol. The number of benzene rings is 1. The Morgan fingerprint density at radius 1 is 1.00 bits per heavy atom. The van der Waals surface area contributed by atoms with Crippen LogP contribution < -0.4 is 0 Å². The van der Waals surface area contributed by atoms with Crippen LogP contribution in [0, 0.1) is 19.9 Å². The van der Waals surface area contributed by atoms with Gasteiger partial charge in [-0.15, -0.1) is 12.1 Å². The van der Waals surface area contributed by atoms with Crippen LogP contribution in [0.5, 0.6) is 0 Å². The van der Waals surface area contributed by atoms with Gasteiger partial charge in [-0.05, 0) is 26.0 Å². The van der Waals surface area contributed by atoms with Crippen LogP contribution in [0.2, 0.25) is 0 Å². The molecular formula is C12H12BrNZn. The summed E-state index contributed by atoms with van der Waals surface area (Å²) in [7, 11) is 0. The second-order valence-corrected chi connectivity index (χ2v) is 3.21. The first-order valence-corrected chi connectivity index (χ1v) is 11.6. The van der Waals surface area contributed by atoms with Crippen LogP contribution in [0.3, 0.4) is 0 Å². The topological polar surface area (TPSA) is 4.93 Å². The van der Waals surface area contributed by atoms with E-state index in [4.69, 9.17) is 0 Å². The van der Waals surface area contributed by atoms with Gasteiger partial charge in [0.2, 0.25) is 0 Å². The molecule has 1 aromatic heterocycles. The van der Waals surface area contributed by atoms with Crippen molar-refractivity contribution >= 4 is 13.6 Å². The molecule has 0 saturated carbocycles. The van der Waals surface area contributed by atoms with E-state index in [2.05, 4.69) is 62.4 Å². The number of aromatic nitrogens is 1. The molecule has 0 fully saturated rings. The number of hydrogen-bond acceptors (Lipinski definition) is 0. The van der Waals surface area contributed by atoms with E-state index in [0.717, 1.165) is 0 Å². The van der Waals surface area contributed by atoms with Crippen molar-refractivity contribution in [1.29, 1.82) is 0 Å². The minimum absolute atomic E-state index is 1.19. The van der Waals surface area contributed by atoms with E-state index in [1.165, 1.54) is 33.4 Å². The Bertz CT molecular complexity index is 389. The van der Waals surface area contributed by atoms with Gasteiger partial charge in [0.15, 0.2) is 0 Å². The fourth-order valence-corrected chi connectivity index (χ4v) is 1.60. The summed E-state index contributed by atoms with van der Waals surface area (Å²) in [4.78, 5) is 0. The van der Waals surface area contributed by atoms with Crippen molar-refractivity contribution < 1.29 is 16.3 Å². The Morgan fingerprint density at radius 3 is 1.93 bits per heavy atom. The van der Waals surface area contributed by atoms with E-state index in [1.54, 1.807) is 0 Å². The summed E-state index contributed by atoms with van der Waals surface area (Å²) in [5.74, 6) is 0. The van der Waals surface area contributed by atoms with Gasteiger partial charge in [0, 0.05) is 11.4 Å². The summed E-state index contributed by atoms with van der Waals surface area (Å²) in [5, 5.41) is 0. The quantitative estimate of drug-likeness (QED) is 0.558. The fraction of sp³-hybridized carbons (Fsp3) is 0.167. The number of hydrogen-bond donors (Lipinski definition) is 0. The third kappa shape index (κ3) is 3.03. The van der Waals surface area contributed by atoms with Gasteiger partial charge in [0.05, 0.1) is 0 Å². The Hall–Kier alpha value is -0.397. The van der Waals surface area contributed by atoms with E-state index < -0.39 is 0 Å². The second kappa shape index (κ2) is 6.24. The molecule has 74 valence electrons. The number of halogens is 1. The second-order valence-electron chi connectivity index (χ2n) is 3.21. The van der Waals surface area contributed by atoms with Gasteiger partial charge in [-0.25, -0.2) is 0 Å². The summed E-state index contributed by atoms with van der Waals surface area (Å²) in [6.45, 7) is 4.23. The van der Waals surface area contributed by atoms with Crippen LogP contribution >= 0.6 is 13.6 Å². The molecule has 1 nitrogen and oxygen atoms in total. The maximum atomic E-state index is 3.06. The van der Waals surface area contributed by atoms with Gasteiger partial charge in [-0.1, -0.05) is 5.69 Å². The van der Waals surface area contributed by atoms with E-state index >= 15 is 0 Å². The molecule has 0 bridgehead atoms. The molecule has 0 aliphatic rings. The van der Waals surface area contributed by atoms with Crippen molar-refractivity contribution in [3.8, 4) is 5.69 Å². The molecule has 3 heteroatoms. The van der Waals surface area contributed by atoms with E-state index in [0.29, 0.717) is 0 Å². The Kier molecular flexibility index (Phi) is 5.27. The van der Waals surface area contributed by atoms with Crippen LogP contribution in [-0.4, -0.2) is 4.57 Å². The summed E-state index contributed by atoms with van der Waals surface area (Å²) < 4.78 is 2.23. The molecule has 2 aromatic rings. The molecule has 15 heavy (non-hydrogen) atoms. The zero-order valence-electron chi connectivity index (χ0n) is 9.00. The summed E-state index contributed by atoms with van der Waals surface area (Å²) in [6, 6.07) is 15.3. The van der Waals surface area contributed by atoms with Crippen molar-refractivity contribution in [2.45, 2.75) is 13.8 Å². The van der Waals surface area contributed by atoms with Crippen LogP contribution in [0.1, 0.15) is 11.4 Å². The third-order valence-electron chi connectivity index (χ3n) is 2.23. The average Bonchev–Trinajstić information content (AvgIpc) is 2.63. The summed E-state index contributed by atoms with van der Waals surface area (Å²) >= 11 is 4.25. The van der Waals surface area contributed by atoms with Gasteiger partial charge in [0.25, 0.3) is 0 Å². The van der Waals surface area contributed by atoms with Crippen LogP contribution in [0.4, 0.5) is 0 Å². The van der Waals surface area contributed by atoms with Crippen molar-refractivity contribution in [2.75, 3.05) is 0 Å². The molecule has 0 amide bonds. The molecular weight excluding hydrogens is 303 g/mol. The molecule has 0 aliphatic heterocycles. The van der Waals surface area contributed by atoms with Crippen LogP contribution in [-0.2, 0) is 16.3 Å². The van der Waals surface area contributed by atoms with Gasteiger partial charge >= 0.3 is 30.0 Å². The van der Waals surface area contributed by atoms with Crippen molar-refractivity contribution in [2.24, 2.45) is 0 Å². The molecule has 2 rings (SSSR count). The Morgan fingerprint density at radius 2 is 1.47 bits per heavy atom. The van der Waals surface area contributed by atoms with Crippen molar-refractivity contribution in [3.05, 3.63) is 53.9 Å². The Labute approximate surface area is 108 Å². The molecule has 0 atom stereocenters. The molecule has 1 heterocycles. The minimum atomic E-state index is 1.19. The van der Waals surface area contributed by atoms with Crippen molar-refractivity contribution in [3.63, 3.8) is 0 Å². The van der Waals surface area contributed by atoms with E-state index in [9.17, 15) is 0 Å². The SMILES string of the molecule is Cc1ccc(C)n1-c1cc[c-]cc1.[Zn+][Br]. The molecule has 0 radical (unpaired) electrons. The first kappa shape index (κ1) is 12.7. The molecule has 0 saturated heterocycles. The molecule has 1 aromatic carbocycles. The first-order chi connectivity index (χ1) is 7.29. The average molecular weight is 316 g/mol. The summed E-state index contributed by atoms with van der Waals surface area (Å²) in [6.07, 6.45) is 0. The predicted octanol–water partition coefficient (Wildman–Crippen LogP) is 3.74. The molecule has 0 unspecified atom stereocenters. The zero-order valence-corrected chi connectivity index (χ0v) is 13.5. The fourth-order valence-electron chi connectivity index (χ4n) is 1.60. The number of aryl methyl sites for hydroxylation is 2. The molecule has 0 N–H and O–H groups in total. The third-order valence-corrected chi connectivity index (χ3v) is 2.23. The standard InChI is InChI=1S/C12H12N.BrH.Zn/c1-10-8-9-11(2)13(10)12-6-4-3-5-7-12;;/h4-9H,1-2H3;1H;/q-1;;+2/p-1. The van der Waals surface area contributed by atoms with Gasteiger partial charge in [0.1, 0.15) is 0 Å². The summed E-state index contributed by atoms with van der Waals surface area (Å²) in [5.41, 5.74) is 3.74. The van der Waals surface area contributed by atoms with Crippen LogP contribution in [0.15, 0.2) is 36.4 Å². The normalized spacial score (nSPS) is 9.40. The van der Waals surface area contributed by atoms with Crippen LogP contribution in [0.25, 0.3) is 5.69 Å². The maximum absolute atomic E-state index is 3.06. The van der Waals surface area contributed by atoms with E-state index in [-0.39, 0.29) is 0 Å². The van der Waals surface area contributed by atoms with Gasteiger partial charge < -0.3 is 4.57 Å². The molecule has 0 spiro atoms. The number of nitrogens with zero attached hydrogens (tertiary/aromatic N) is 1. The van der Waals surface area contributed by atoms with E-state index in [1.807, 2.05) is 12.1 Å². The Balaban J connectivity index is 0.000000531. The number of rotatable bonds is 1. The van der Waals surface area contributed by atoms with Gasteiger partial charge in [-0.3, -0.25) is 0 Å². The predicted molar refractivity (Wildman–Crippen MR) is 63.0 cm³/mol.